The minimum absolute atomic E-state index is 0.0116. The van der Waals surface area contributed by atoms with Gasteiger partial charge in [0.2, 0.25) is 11.8 Å². The molecule has 1 saturated carbocycles. The zero-order chi connectivity index (χ0) is 18.0. The molecule has 2 fully saturated rings. The second kappa shape index (κ2) is 7.18. The first-order valence-corrected chi connectivity index (χ1v) is 8.54. The molecule has 2 amide bonds. The van der Waals surface area contributed by atoms with Crippen molar-refractivity contribution in [2.24, 2.45) is 5.92 Å². The van der Waals surface area contributed by atoms with E-state index in [0.717, 1.165) is 12.8 Å². The van der Waals surface area contributed by atoms with Gasteiger partial charge in [0.25, 0.3) is 5.69 Å². The van der Waals surface area contributed by atoms with Crippen molar-refractivity contribution in [3.63, 3.8) is 0 Å². The van der Waals surface area contributed by atoms with Crippen LogP contribution in [0.3, 0.4) is 0 Å². The van der Waals surface area contributed by atoms with Crippen LogP contribution in [0.15, 0.2) is 24.3 Å². The van der Waals surface area contributed by atoms with E-state index in [1.165, 1.54) is 24.3 Å². The lowest BCUT2D eigenvalue weighted by Gasteiger charge is -2.37. The number of piperazine rings is 1. The molecular formula is C17H22N4O4. The number of nitro benzene ring substituents is 1. The number of anilines is 1. The molecule has 1 aliphatic heterocycles. The van der Waals surface area contributed by atoms with Crippen molar-refractivity contribution in [3.8, 4) is 0 Å². The number of rotatable bonds is 5. The highest BCUT2D eigenvalue weighted by molar-refractivity contribution is 5.94. The molecule has 25 heavy (non-hydrogen) atoms. The van der Waals surface area contributed by atoms with Gasteiger partial charge in [0.15, 0.2) is 0 Å². The summed E-state index contributed by atoms with van der Waals surface area (Å²) in [6.07, 6.45) is 2.01. The van der Waals surface area contributed by atoms with Gasteiger partial charge in [-0.1, -0.05) is 0 Å². The maximum atomic E-state index is 12.4. The Morgan fingerprint density at radius 1 is 1.16 bits per heavy atom. The molecule has 0 bridgehead atoms. The highest BCUT2D eigenvalue weighted by atomic mass is 16.6. The Morgan fingerprint density at radius 3 is 2.28 bits per heavy atom. The molecule has 8 heteroatoms. The van der Waals surface area contributed by atoms with Crippen molar-refractivity contribution in [1.29, 1.82) is 0 Å². The Morgan fingerprint density at radius 2 is 1.76 bits per heavy atom. The van der Waals surface area contributed by atoms with E-state index in [0.29, 0.717) is 31.9 Å². The number of amides is 2. The number of nitrogens with one attached hydrogen (secondary N) is 1. The predicted octanol–water partition coefficient (Wildman–Crippen LogP) is 1.48. The van der Waals surface area contributed by atoms with Crippen LogP contribution in [-0.4, -0.2) is 58.8 Å². The zero-order valence-corrected chi connectivity index (χ0v) is 14.2. The number of carbonyl (C=O) groups is 2. The number of non-ortho nitro benzene ring substituents is 1. The lowest BCUT2D eigenvalue weighted by atomic mass is 10.2. The summed E-state index contributed by atoms with van der Waals surface area (Å²) in [7, 11) is 0. The lowest BCUT2D eigenvalue weighted by molar-refractivity contribution is -0.384. The monoisotopic (exact) mass is 346 g/mol. The van der Waals surface area contributed by atoms with Gasteiger partial charge in [0.1, 0.15) is 0 Å². The molecule has 134 valence electrons. The molecule has 8 nitrogen and oxygen atoms in total. The van der Waals surface area contributed by atoms with Gasteiger partial charge in [-0.25, -0.2) is 0 Å². The summed E-state index contributed by atoms with van der Waals surface area (Å²) < 4.78 is 0. The Balaban J connectivity index is 1.50. The van der Waals surface area contributed by atoms with E-state index in [1.807, 2.05) is 11.8 Å². The summed E-state index contributed by atoms with van der Waals surface area (Å²) in [5.74, 6) is 0.327. The third-order valence-corrected chi connectivity index (χ3v) is 4.83. The van der Waals surface area contributed by atoms with Crippen molar-refractivity contribution in [1.82, 2.24) is 9.80 Å². The largest absolute Gasteiger partial charge is 0.340 e. The summed E-state index contributed by atoms with van der Waals surface area (Å²) in [4.78, 5) is 38.6. The second-order valence-electron chi connectivity index (χ2n) is 6.60. The Hall–Kier alpha value is -2.48. The molecule has 1 saturated heterocycles. The van der Waals surface area contributed by atoms with E-state index in [4.69, 9.17) is 0 Å². The normalized spacial score (nSPS) is 19.3. The third-order valence-electron chi connectivity index (χ3n) is 4.83. The van der Waals surface area contributed by atoms with Gasteiger partial charge in [-0.3, -0.25) is 24.6 Å². The molecular weight excluding hydrogens is 324 g/mol. The number of hydrogen-bond acceptors (Lipinski definition) is 5. The van der Waals surface area contributed by atoms with Crippen LogP contribution < -0.4 is 5.32 Å². The van der Waals surface area contributed by atoms with E-state index in [9.17, 15) is 19.7 Å². The molecule has 1 aromatic rings. The van der Waals surface area contributed by atoms with E-state index in [-0.39, 0.29) is 29.5 Å². The fourth-order valence-electron chi connectivity index (χ4n) is 3.00. The van der Waals surface area contributed by atoms with Crippen LogP contribution in [0.25, 0.3) is 0 Å². The Kier molecular flexibility index (Phi) is 4.98. The molecule has 1 N–H and O–H groups in total. The molecule has 1 aromatic carbocycles. The number of benzene rings is 1. The van der Waals surface area contributed by atoms with E-state index < -0.39 is 4.92 Å². The average Bonchev–Trinajstić information content (AvgIpc) is 3.46. The van der Waals surface area contributed by atoms with Crippen molar-refractivity contribution in [2.45, 2.75) is 25.8 Å². The van der Waals surface area contributed by atoms with Crippen LogP contribution in [0.2, 0.25) is 0 Å². The quantitative estimate of drug-likeness (QED) is 0.643. The highest BCUT2D eigenvalue weighted by Crippen LogP contribution is 2.31. The second-order valence-corrected chi connectivity index (χ2v) is 6.60. The first-order chi connectivity index (χ1) is 12.0. The highest BCUT2D eigenvalue weighted by Gasteiger charge is 2.35. The van der Waals surface area contributed by atoms with Gasteiger partial charge < -0.3 is 10.2 Å². The van der Waals surface area contributed by atoms with Gasteiger partial charge >= 0.3 is 0 Å². The maximum Gasteiger partial charge on any atom is 0.269 e. The lowest BCUT2D eigenvalue weighted by Crippen LogP contribution is -2.54. The molecule has 0 radical (unpaired) electrons. The molecule has 1 atom stereocenters. The molecule has 2 aliphatic rings. The molecule has 1 heterocycles. The van der Waals surface area contributed by atoms with E-state index >= 15 is 0 Å². The van der Waals surface area contributed by atoms with Crippen molar-refractivity contribution in [3.05, 3.63) is 34.4 Å². The van der Waals surface area contributed by atoms with Crippen LogP contribution in [0, 0.1) is 16.0 Å². The maximum absolute atomic E-state index is 12.4. The molecule has 0 aromatic heterocycles. The Bertz CT molecular complexity index is 664. The van der Waals surface area contributed by atoms with Crippen molar-refractivity contribution >= 4 is 23.2 Å². The topological polar surface area (TPSA) is 95.8 Å². The van der Waals surface area contributed by atoms with Crippen LogP contribution in [0.5, 0.6) is 0 Å². The molecule has 3 rings (SSSR count). The third kappa shape index (κ3) is 4.14. The summed E-state index contributed by atoms with van der Waals surface area (Å²) in [5, 5.41) is 13.4. The molecule has 1 unspecified atom stereocenters. The van der Waals surface area contributed by atoms with Crippen LogP contribution >= 0.6 is 0 Å². The molecule has 0 spiro atoms. The predicted molar refractivity (Wildman–Crippen MR) is 92.1 cm³/mol. The van der Waals surface area contributed by atoms with Crippen LogP contribution in [-0.2, 0) is 9.59 Å². The number of nitrogens with zero attached hydrogens (tertiary/aromatic N) is 3. The van der Waals surface area contributed by atoms with Gasteiger partial charge in [-0.05, 0) is 31.9 Å². The van der Waals surface area contributed by atoms with E-state index in [2.05, 4.69) is 10.2 Å². The summed E-state index contributed by atoms with van der Waals surface area (Å²) in [6, 6.07) is 5.45. The average molecular weight is 346 g/mol. The first-order valence-electron chi connectivity index (χ1n) is 8.54. The number of carbonyl (C=O) groups excluding carboxylic acids is 2. The fraction of sp³-hybridized carbons (Fsp3) is 0.529. The first kappa shape index (κ1) is 17.3. The fourth-order valence-corrected chi connectivity index (χ4v) is 3.00. The summed E-state index contributed by atoms with van der Waals surface area (Å²) in [6.45, 7) is 4.49. The Labute approximate surface area is 145 Å². The van der Waals surface area contributed by atoms with Crippen LogP contribution in [0.4, 0.5) is 11.4 Å². The van der Waals surface area contributed by atoms with Gasteiger partial charge in [0.05, 0.1) is 11.0 Å². The van der Waals surface area contributed by atoms with Gasteiger partial charge in [-0.15, -0.1) is 0 Å². The van der Waals surface area contributed by atoms with E-state index in [1.54, 1.807) is 0 Å². The SMILES string of the molecule is CC(C(=O)Nc1ccc([N+](=O)[O-])cc1)N1CCN(C(=O)C2CC2)CC1. The summed E-state index contributed by atoms with van der Waals surface area (Å²) in [5.41, 5.74) is 0.521. The molecule has 1 aliphatic carbocycles. The smallest absolute Gasteiger partial charge is 0.269 e. The minimum atomic E-state index is -0.476. The zero-order valence-electron chi connectivity index (χ0n) is 14.2. The standard InChI is InChI=1S/C17H22N4O4/c1-12(16(22)18-14-4-6-15(7-5-14)21(24)25)19-8-10-20(11-9-19)17(23)13-2-3-13/h4-7,12-13H,2-3,8-11H2,1H3,(H,18,22). The van der Waals surface area contributed by atoms with Gasteiger partial charge in [-0.2, -0.15) is 0 Å². The summed E-state index contributed by atoms with van der Waals surface area (Å²) >= 11 is 0. The number of hydrogen-bond donors (Lipinski definition) is 1. The number of nitro groups is 1. The van der Waals surface area contributed by atoms with Crippen LogP contribution in [0.1, 0.15) is 19.8 Å². The van der Waals surface area contributed by atoms with Crippen molar-refractivity contribution < 1.29 is 14.5 Å². The van der Waals surface area contributed by atoms with Crippen molar-refractivity contribution in [2.75, 3.05) is 31.5 Å². The van der Waals surface area contributed by atoms with Gasteiger partial charge in [0, 0.05) is 49.9 Å². The minimum Gasteiger partial charge on any atom is -0.340 e.